The normalized spacial score (nSPS) is 10.0. The van der Waals surface area contributed by atoms with Crippen LogP contribution in [-0.2, 0) is 41.8 Å². The van der Waals surface area contributed by atoms with E-state index in [1.165, 1.54) is 0 Å². The molecule has 0 radical (unpaired) electrons. The van der Waals surface area contributed by atoms with Gasteiger partial charge in [0.05, 0.1) is 62.1 Å². The zero-order chi connectivity index (χ0) is 54.1. The largest absolute Gasteiger partial charge is 0.472 e. The molecule has 0 aromatic rings. The number of esters is 2. The fraction of sp³-hybridized carbons (Fsp3) is 0.346. The van der Waals surface area contributed by atoms with Gasteiger partial charge >= 0.3 is 27.6 Å². The van der Waals surface area contributed by atoms with Gasteiger partial charge in [-0.3, -0.25) is 13.6 Å². The number of rotatable bonds is 16. The molecule has 0 amide bonds. The maximum atomic E-state index is 11.7. The summed E-state index contributed by atoms with van der Waals surface area (Å²) in [6, 6.07) is 0. The number of carbonyl (C=O) groups excluding carboxylic acids is 2. The van der Waals surface area contributed by atoms with Crippen molar-refractivity contribution in [1.29, 1.82) is 0 Å². The van der Waals surface area contributed by atoms with Gasteiger partial charge in [-0.2, -0.15) is 0 Å². The number of hydrogen-bond acceptors (Lipinski definition) is 12. The van der Waals surface area contributed by atoms with Gasteiger partial charge in [-0.25, -0.2) is 18.7 Å². The Morgan fingerprint density at radius 3 is 0.986 bits per heavy atom. The van der Waals surface area contributed by atoms with Gasteiger partial charge < -0.3 is 48.4 Å². The highest BCUT2D eigenvalue weighted by molar-refractivity contribution is 7.47. The molecule has 0 rings (SSSR count). The molecule has 0 saturated carbocycles. The van der Waals surface area contributed by atoms with Gasteiger partial charge in [0.25, 0.3) is 0 Å². The topological polar surface area (TPSA) is 236 Å². The molecule has 0 fully saturated rings. The van der Waals surface area contributed by atoms with Crippen LogP contribution in [0.1, 0.15) is 56.6 Å². The lowest BCUT2D eigenvalue weighted by atomic mass is 10.4. The maximum absolute atomic E-state index is 11.7. The Hall–Kier alpha value is -8.08. The van der Waals surface area contributed by atoms with Crippen LogP contribution < -0.4 is 0 Å². The van der Waals surface area contributed by atoms with Crippen LogP contribution in [0.25, 0.3) is 0 Å². The third-order valence-electron chi connectivity index (χ3n) is 5.67. The Kier molecular flexibility index (Phi) is 40.9. The minimum absolute atomic E-state index is 0. The molecule has 0 spiro atoms. The molecule has 0 aliphatic rings. The SMILES string of the molecule is CC#CC#CC#CC#CC#CC#CC#CC#CC(=O)OC[C@@H](O)COP(=O)(O)O.CC#CC#CC#CC#CC#CC#CC#CC#CC(=O)OC[C@@H](O)COP(=O)(O)OCC[N+](C)(C)C.C[N+](C)(C)CCO.[HH].[HH].[HH].[HH].[HH].[HH].[HH].[HH].[HH].[HH].[HH].[HH].[HH].[HH].[HH].[HH].[HH].[HH].[HH].[HH].[HH].[HH].[HH].[HH].[HH].[HH].[HH].[HH].[HH].[HH]. The summed E-state index contributed by atoms with van der Waals surface area (Å²) in [5, 5.41) is 27.4. The number of phosphoric acid groups is 2. The number of likely N-dealkylation sites (N-methyl/N-ethyl adjacent to an activating group) is 2. The molecule has 0 aromatic carbocycles. The first kappa shape index (κ1) is 67.2. The predicted octanol–water partition coefficient (Wildman–Crippen LogP) is 5.89. The highest BCUT2D eigenvalue weighted by Crippen LogP contribution is 2.43. The first-order valence-corrected chi connectivity index (χ1v) is 22.6. The molecule has 17 nitrogen and oxygen atoms in total. The molecule has 0 saturated heterocycles. The lowest BCUT2D eigenvalue weighted by Crippen LogP contribution is -2.37. The van der Waals surface area contributed by atoms with E-state index < -0.39 is 66.2 Å². The summed E-state index contributed by atoms with van der Waals surface area (Å²) in [5.74, 6) is 74.8. The number of nitrogens with zero attached hydrogens (tertiary/aromatic N) is 2. The van der Waals surface area contributed by atoms with Crippen LogP contribution in [0.15, 0.2) is 0 Å². The molecule has 6 N–H and O–H groups in total. The Bertz CT molecular complexity index is 3080. The Labute approximate surface area is 462 Å². The Balaban J connectivity index is -0.0000000212. The van der Waals surface area contributed by atoms with Crippen molar-refractivity contribution < 1.29 is 124 Å². The zero-order valence-corrected chi connectivity index (χ0v) is 41.7. The molecule has 0 aromatic heterocycles. The standard InChI is InChI=1S/C26H22NO7P.C21H11O7P.C5H14NO.30H2/c1-5-6-7-8-9-10-11-12-13-14-15-16-17-18-19-20-26(29)32-23-25(28)24-34-35(30,31)33-22-21-27(2,3)4;1-2-3-4-5-6-7-8-9-10-11-12-13-14-15-16-17-21(23)27-18-20(22)19-28-29(24,25)26;1-6(2,3)4-5-7;;;;;;;;;;;;;;;;;;;;;;;;;;;;;;/h25,28H,21-24H2,1-4H3;20,22H,18-19H2,1H3,(H2,24,25,26);7H,4-5H2,1-3H3;30*1H/q;;+1;;;;;;;;;;;;;;;;;;;;;;;;;;;;;;/p+1/t25-;20-;;;;;;;;;;;;;;;;;;;;;;;;;;;;;;;/m11.............................../s1. The minimum atomic E-state index is -4.70. The molecule has 71 heavy (non-hydrogen) atoms. The van der Waals surface area contributed by atoms with Gasteiger partial charge in [0.2, 0.25) is 0 Å². The third kappa shape index (κ3) is 61.9. The lowest BCUT2D eigenvalue weighted by molar-refractivity contribution is -0.870. The summed E-state index contributed by atoms with van der Waals surface area (Å²) in [6.45, 7) is 2.58. The fourth-order valence-corrected chi connectivity index (χ4v) is 3.80. The first-order chi connectivity index (χ1) is 33.5. The number of ether oxygens (including phenoxy) is 2. The zero-order valence-electron chi connectivity index (χ0n) is 40.0. The highest BCUT2D eigenvalue weighted by Gasteiger charge is 2.24. The van der Waals surface area contributed by atoms with E-state index >= 15 is 0 Å². The molecule has 1 unspecified atom stereocenters. The van der Waals surface area contributed by atoms with Crippen molar-refractivity contribution in [3.05, 3.63) is 0 Å². The molecule has 0 bridgehead atoms. The summed E-state index contributed by atoms with van der Waals surface area (Å²) in [4.78, 5) is 49.1. The van der Waals surface area contributed by atoms with E-state index in [0.29, 0.717) is 11.0 Å². The monoisotopic (exact) mass is 1060 g/mol. The van der Waals surface area contributed by atoms with E-state index in [2.05, 4.69) is 223 Å². The van der Waals surface area contributed by atoms with Crippen LogP contribution in [0.3, 0.4) is 0 Å². The molecule has 0 heterocycles. The summed E-state index contributed by atoms with van der Waals surface area (Å²) < 4.78 is 46.2. The van der Waals surface area contributed by atoms with Crippen molar-refractivity contribution in [3.8, 4) is 189 Å². The summed E-state index contributed by atoms with van der Waals surface area (Å²) >= 11 is 0. The smallest absolute Gasteiger partial charge is 0.453 e. The number of aliphatic hydroxyl groups is 3. The van der Waals surface area contributed by atoms with E-state index in [-0.39, 0.29) is 56.0 Å². The number of aliphatic hydroxyl groups excluding tert-OH is 3. The van der Waals surface area contributed by atoms with E-state index in [1.807, 2.05) is 27.1 Å². The molecule has 0 aliphatic heterocycles. The van der Waals surface area contributed by atoms with Crippen molar-refractivity contribution in [2.24, 2.45) is 0 Å². The fourth-order valence-electron chi connectivity index (χ4n) is 2.68. The average molecular weight is 1060 g/mol. The quantitative estimate of drug-likeness (QED) is 0.0348. The molecular weight excluding hydrogens is 955 g/mol. The Morgan fingerprint density at radius 1 is 0.451 bits per heavy atom. The van der Waals surface area contributed by atoms with Gasteiger partial charge in [0.15, 0.2) is 0 Å². The molecule has 424 valence electrons. The maximum Gasteiger partial charge on any atom is 0.472 e. The third-order valence-corrected chi connectivity index (χ3v) is 7.14. The van der Waals surface area contributed by atoms with Gasteiger partial charge in [-0.05, 0) is 180 Å². The number of phosphoric ester groups is 2. The summed E-state index contributed by atoms with van der Waals surface area (Å²) in [7, 11) is 2.79. The molecule has 19 heteroatoms. The van der Waals surface area contributed by atoms with E-state index in [1.54, 1.807) is 13.8 Å². The van der Waals surface area contributed by atoms with Crippen molar-refractivity contribution in [2.45, 2.75) is 26.1 Å². The molecule has 3 atom stereocenters. The van der Waals surface area contributed by atoms with E-state index in [9.17, 15) is 33.8 Å². The van der Waals surface area contributed by atoms with E-state index in [0.717, 1.165) is 11.0 Å². The molecule has 0 aliphatic carbocycles. The van der Waals surface area contributed by atoms with Gasteiger partial charge in [-0.1, -0.05) is 11.8 Å². The van der Waals surface area contributed by atoms with Crippen molar-refractivity contribution in [1.82, 2.24) is 0 Å². The van der Waals surface area contributed by atoms with Gasteiger partial charge in [0.1, 0.15) is 45.1 Å². The number of quaternary nitrogens is 2. The highest BCUT2D eigenvalue weighted by atomic mass is 31.2. The average Bonchev–Trinajstić information content (AvgIpc) is 3.28. The van der Waals surface area contributed by atoms with Crippen molar-refractivity contribution in [3.63, 3.8) is 0 Å². The van der Waals surface area contributed by atoms with Crippen molar-refractivity contribution in [2.75, 3.05) is 95.0 Å². The second-order valence-electron chi connectivity index (χ2n) is 13.9. The summed E-state index contributed by atoms with van der Waals surface area (Å²) in [6.07, 6.45) is -2.77. The number of carbonyl (C=O) groups is 2. The summed E-state index contributed by atoms with van der Waals surface area (Å²) in [5.41, 5.74) is 0. The first-order valence-electron chi connectivity index (χ1n) is 19.6. The predicted molar refractivity (Wildman–Crippen MR) is 326 cm³/mol. The minimum Gasteiger partial charge on any atom is -0.453 e. The second kappa shape index (κ2) is 43.2. The second-order valence-corrected chi connectivity index (χ2v) is 16.6. The van der Waals surface area contributed by atoms with Crippen LogP contribution >= 0.6 is 15.6 Å². The lowest BCUT2D eigenvalue weighted by Gasteiger charge is -2.24. The molecular formula is C52H108N2O15P2+2. The van der Waals surface area contributed by atoms with Gasteiger partial charge in [0, 0.05) is 54.6 Å². The van der Waals surface area contributed by atoms with Crippen LogP contribution in [0.4, 0.5) is 0 Å². The van der Waals surface area contributed by atoms with Crippen LogP contribution in [0.5, 0.6) is 0 Å². The Morgan fingerprint density at radius 2 is 0.732 bits per heavy atom. The van der Waals surface area contributed by atoms with Crippen LogP contribution in [0, 0.1) is 189 Å². The van der Waals surface area contributed by atoms with Crippen molar-refractivity contribution >= 4 is 27.6 Å². The van der Waals surface area contributed by atoms with Crippen LogP contribution in [-0.4, -0.2) is 158 Å². The van der Waals surface area contributed by atoms with Gasteiger partial charge in [-0.15, -0.1) is 0 Å². The number of hydrogen-bond donors (Lipinski definition) is 6. The van der Waals surface area contributed by atoms with E-state index in [4.69, 9.17) is 19.4 Å². The van der Waals surface area contributed by atoms with Crippen LogP contribution in [0.2, 0.25) is 0 Å².